The normalized spacial score (nSPS) is 17.9. The Morgan fingerprint density at radius 2 is 2.09 bits per heavy atom. The molecular formula is C24H31F2IN5OP. The van der Waals surface area contributed by atoms with E-state index in [0.717, 1.165) is 48.2 Å². The Bertz CT molecular complexity index is 1110. The molecule has 184 valence electrons. The maximum atomic E-state index is 13.5. The van der Waals surface area contributed by atoms with Crippen molar-refractivity contribution in [2.45, 2.75) is 45.5 Å². The molecule has 1 aliphatic heterocycles. The highest BCUT2D eigenvalue weighted by Gasteiger charge is 2.51. The van der Waals surface area contributed by atoms with Crippen LogP contribution in [0.1, 0.15) is 53.5 Å². The summed E-state index contributed by atoms with van der Waals surface area (Å²) in [4.78, 5) is 14.6. The van der Waals surface area contributed by atoms with Crippen molar-refractivity contribution in [1.29, 1.82) is 5.41 Å². The minimum Gasteiger partial charge on any atom is -0.387 e. The van der Waals surface area contributed by atoms with Crippen molar-refractivity contribution in [3.8, 4) is 0 Å². The molecule has 1 aromatic carbocycles. The van der Waals surface area contributed by atoms with Crippen LogP contribution in [0.2, 0.25) is 0 Å². The van der Waals surface area contributed by atoms with E-state index in [2.05, 4.69) is 28.3 Å². The molecular weight excluding hydrogens is 570 g/mol. The zero-order chi connectivity index (χ0) is 24.5. The van der Waals surface area contributed by atoms with Crippen LogP contribution >= 0.6 is 28.4 Å². The van der Waals surface area contributed by atoms with Crippen LogP contribution in [0.5, 0.6) is 0 Å². The number of anilines is 1. The first-order valence-electron chi connectivity index (χ1n) is 11.6. The van der Waals surface area contributed by atoms with Gasteiger partial charge < -0.3 is 15.6 Å². The number of nitrogens with one attached hydrogen (secondary N) is 2. The van der Waals surface area contributed by atoms with Crippen LogP contribution in [0, 0.1) is 23.7 Å². The lowest BCUT2D eigenvalue weighted by Gasteiger charge is -2.59. The van der Waals surface area contributed by atoms with E-state index in [0.29, 0.717) is 23.3 Å². The zero-order valence-corrected chi connectivity index (χ0v) is 22.7. The Morgan fingerprint density at radius 1 is 1.35 bits per heavy atom. The Morgan fingerprint density at radius 3 is 2.71 bits per heavy atom. The molecule has 1 spiro atoms. The molecule has 4 rings (SSSR count). The standard InChI is InChI=1S/C24H31F2IN5OP/c1-15-17(5-6-18(11-28)21(15)29-2)8-16-9-24(10-16)13-31(14-24)7-3-4-19-12-30-32(34-27)23(33)20(19)22(25)26/h5-6,11-12,16,22,28-29,34H,3-4,7-10,13-14H2,1-2H3. The zero-order valence-electron chi connectivity index (χ0n) is 19.5. The minimum atomic E-state index is -2.77. The van der Waals surface area contributed by atoms with E-state index in [4.69, 9.17) is 5.41 Å². The fourth-order valence-corrected chi connectivity index (χ4v) is 7.20. The predicted molar refractivity (Wildman–Crippen MR) is 143 cm³/mol. The number of rotatable bonds is 10. The van der Waals surface area contributed by atoms with Gasteiger partial charge in [0.25, 0.3) is 12.0 Å². The van der Waals surface area contributed by atoms with E-state index in [-0.39, 0.29) is 11.9 Å². The van der Waals surface area contributed by atoms with Gasteiger partial charge in [0.05, 0.1) is 18.1 Å². The first kappa shape index (κ1) is 25.6. The van der Waals surface area contributed by atoms with Gasteiger partial charge in [-0.15, -0.1) is 0 Å². The summed E-state index contributed by atoms with van der Waals surface area (Å²) in [5.74, 6) is 0.696. The monoisotopic (exact) mass is 601 g/mol. The molecule has 2 aliphatic rings. The number of aromatic nitrogens is 2. The molecule has 10 heteroatoms. The highest BCUT2D eigenvalue weighted by molar-refractivity contribution is 14.2. The molecule has 0 amide bonds. The van der Waals surface area contributed by atoms with Crippen LogP contribution in [-0.4, -0.2) is 47.3 Å². The SMILES string of the molecule is CNc1c(C=N)ccc(CC2CC3(C2)CN(CCCc2cnn(PI)c(=O)c2C(F)F)C3)c1C. The van der Waals surface area contributed by atoms with Crippen LogP contribution < -0.4 is 10.9 Å². The van der Waals surface area contributed by atoms with Gasteiger partial charge in [0.15, 0.2) is 0 Å². The summed E-state index contributed by atoms with van der Waals surface area (Å²) >= 11 is 1.97. The average Bonchev–Trinajstić information content (AvgIpc) is 2.76. The molecule has 1 unspecified atom stereocenters. The molecule has 0 radical (unpaired) electrons. The van der Waals surface area contributed by atoms with Gasteiger partial charge in [-0.2, -0.15) is 5.10 Å². The van der Waals surface area contributed by atoms with Crippen molar-refractivity contribution in [3.05, 3.63) is 56.5 Å². The molecule has 1 aliphatic carbocycles. The van der Waals surface area contributed by atoms with Crippen LogP contribution in [0.25, 0.3) is 0 Å². The maximum Gasteiger partial charge on any atom is 0.279 e. The fraction of sp³-hybridized carbons (Fsp3) is 0.542. The molecule has 0 bridgehead atoms. The van der Waals surface area contributed by atoms with Crippen molar-refractivity contribution in [2.75, 3.05) is 32.0 Å². The molecule has 2 heterocycles. The number of nitrogens with zero attached hydrogens (tertiary/aromatic N) is 3. The van der Waals surface area contributed by atoms with E-state index in [1.807, 2.05) is 35.2 Å². The lowest BCUT2D eigenvalue weighted by Crippen LogP contribution is -2.62. The smallest absolute Gasteiger partial charge is 0.279 e. The molecule has 2 fully saturated rings. The molecule has 1 saturated carbocycles. The van der Waals surface area contributed by atoms with E-state index in [1.54, 1.807) is 0 Å². The van der Waals surface area contributed by atoms with Crippen LogP contribution in [0.3, 0.4) is 0 Å². The van der Waals surface area contributed by atoms with Crippen LogP contribution in [-0.2, 0) is 12.8 Å². The quantitative estimate of drug-likeness (QED) is 0.223. The molecule has 1 saturated heterocycles. The number of hydrogen-bond acceptors (Lipinski definition) is 5. The largest absolute Gasteiger partial charge is 0.387 e. The lowest BCUT2D eigenvalue weighted by atomic mass is 9.56. The van der Waals surface area contributed by atoms with E-state index in [9.17, 15) is 13.6 Å². The second kappa shape index (κ2) is 10.7. The number of likely N-dealkylation sites (tertiary alicyclic amines) is 1. The third kappa shape index (κ3) is 5.07. The van der Waals surface area contributed by atoms with Gasteiger partial charge in [0.2, 0.25) is 0 Å². The third-order valence-corrected chi connectivity index (χ3v) is 9.25. The Hall–Kier alpha value is -1.45. The highest BCUT2D eigenvalue weighted by atomic mass is 127. The van der Waals surface area contributed by atoms with Crippen LogP contribution in [0.4, 0.5) is 14.5 Å². The number of aryl methyl sites for hydroxylation is 1. The highest BCUT2D eigenvalue weighted by Crippen LogP contribution is 2.53. The molecule has 34 heavy (non-hydrogen) atoms. The third-order valence-electron chi connectivity index (χ3n) is 7.40. The fourth-order valence-electron chi connectivity index (χ4n) is 5.87. The van der Waals surface area contributed by atoms with Gasteiger partial charge in [-0.25, -0.2) is 13.2 Å². The van der Waals surface area contributed by atoms with Crippen molar-refractivity contribution in [2.24, 2.45) is 11.3 Å². The van der Waals surface area contributed by atoms with Crippen molar-refractivity contribution in [3.63, 3.8) is 0 Å². The number of alkyl halides is 2. The molecule has 1 aromatic heterocycles. The molecule has 2 N–H and O–H groups in total. The average molecular weight is 601 g/mol. The van der Waals surface area contributed by atoms with E-state index >= 15 is 0 Å². The second-order valence-electron chi connectivity index (χ2n) is 9.69. The summed E-state index contributed by atoms with van der Waals surface area (Å²) in [6.45, 7) is 5.15. The van der Waals surface area contributed by atoms with Crippen LogP contribution in [0.15, 0.2) is 23.1 Å². The van der Waals surface area contributed by atoms with E-state index < -0.39 is 12.0 Å². The summed E-state index contributed by atoms with van der Waals surface area (Å²) < 4.78 is 28.0. The number of benzene rings is 1. The van der Waals surface area contributed by atoms with Gasteiger partial charge in [-0.1, -0.05) is 12.1 Å². The van der Waals surface area contributed by atoms with Gasteiger partial charge >= 0.3 is 0 Å². The number of hydrogen-bond donors (Lipinski definition) is 2. The predicted octanol–water partition coefficient (Wildman–Crippen LogP) is 5.21. The summed E-state index contributed by atoms with van der Waals surface area (Å²) in [7, 11) is 1.91. The number of halogens is 3. The summed E-state index contributed by atoms with van der Waals surface area (Å²) in [5.41, 5.74) is 4.34. The van der Waals surface area contributed by atoms with Gasteiger partial charge in [0, 0.05) is 37.6 Å². The molecule has 1 atom stereocenters. The molecule has 6 nitrogen and oxygen atoms in total. The van der Waals surface area contributed by atoms with Gasteiger partial charge in [0.1, 0.15) is 0 Å². The second-order valence-corrected chi connectivity index (χ2v) is 11.7. The Balaban J connectivity index is 1.24. The van der Waals surface area contributed by atoms with Gasteiger partial charge in [-0.05, 0) is 95.6 Å². The maximum absolute atomic E-state index is 13.5. The Labute approximate surface area is 213 Å². The van der Waals surface area contributed by atoms with Crippen molar-refractivity contribution in [1.82, 2.24) is 14.5 Å². The first-order chi connectivity index (χ1) is 16.3. The molecule has 2 aromatic rings. The summed E-state index contributed by atoms with van der Waals surface area (Å²) in [6, 6.07) is 4.19. The van der Waals surface area contributed by atoms with Gasteiger partial charge in [-0.3, -0.25) is 4.79 Å². The summed E-state index contributed by atoms with van der Waals surface area (Å²) in [5, 5.41) is 14.8. The topological polar surface area (TPSA) is 74.0 Å². The first-order valence-corrected chi connectivity index (χ1v) is 15.7. The summed E-state index contributed by atoms with van der Waals surface area (Å²) in [6.07, 6.45) is 4.85. The minimum absolute atomic E-state index is 0.0169. The lowest BCUT2D eigenvalue weighted by molar-refractivity contribution is -0.0937. The van der Waals surface area contributed by atoms with Crippen molar-refractivity contribution < 1.29 is 8.78 Å². The van der Waals surface area contributed by atoms with Crippen molar-refractivity contribution >= 4 is 40.3 Å². The Kier molecular flexibility index (Phi) is 8.04. The van der Waals surface area contributed by atoms with E-state index in [1.165, 1.54) is 36.4 Å².